The highest BCUT2D eigenvalue weighted by atomic mass is 32.2. The monoisotopic (exact) mass is 346 g/mol. The Hall–Kier alpha value is -2.61. The van der Waals surface area contributed by atoms with Crippen LogP contribution < -0.4 is 11.1 Å². The Bertz CT molecular complexity index is 725. The highest BCUT2D eigenvalue weighted by Gasteiger charge is 2.18. The maximum Gasteiger partial charge on any atom is 0.343 e. The molecular formula is C16H18N4O3S. The Morgan fingerprint density at radius 3 is 2.67 bits per heavy atom. The van der Waals surface area contributed by atoms with Gasteiger partial charge in [0.15, 0.2) is 5.16 Å². The number of nitrogens with two attached hydrogens (primary N) is 1. The van der Waals surface area contributed by atoms with E-state index in [-0.39, 0.29) is 23.9 Å². The molecule has 2 rings (SSSR count). The van der Waals surface area contributed by atoms with E-state index in [9.17, 15) is 9.59 Å². The molecule has 0 fully saturated rings. The molecule has 0 bridgehead atoms. The van der Waals surface area contributed by atoms with Crippen molar-refractivity contribution in [2.75, 3.05) is 17.7 Å². The molecule has 126 valence electrons. The average molecular weight is 346 g/mol. The topological polar surface area (TPSA) is 107 Å². The highest BCUT2D eigenvalue weighted by molar-refractivity contribution is 8.00. The predicted octanol–water partition coefficient (Wildman–Crippen LogP) is 2.35. The zero-order valence-corrected chi connectivity index (χ0v) is 14.2. The molecule has 0 spiro atoms. The zero-order chi connectivity index (χ0) is 17.5. The third-order valence-electron chi connectivity index (χ3n) is 2.98. The van der Waals surface area contributed by atoms with Crippen LogP contribution in [-0.4, -0.2) is 33.7 Å². The molecule has 2 aromatic rings. The number of amides is 1. The van der Waals surface area contributed by atoms with Gasteiger partial charge in [-0.2, -0.15) is 0 Å². The summed E-state index contributed by atoms with van der Waals surface area (Å²) < 4.78 is 4.86. The highest BCUT2D eigenvalue weighted by Crippen LogP contribution is 2.22. The number of carbonyl (C=O) groups is 2. The Morgan fingerprint density at radius 2 is 2.04 bits per heavy atom. The van der Waals surface area contributed by atoms with Crippen LogP contribution in [0, 0.1) is 0 Å². The SMILES string of the molecule is CCOC(=O)c1cnc(S[C@@H](C)C(=O)Nc2ccccc2)nc1N. The largest absolute Gasteiger partial charge is 0.462 e. The summed E-state index contributed by atoms with van der Waals surface area (Å²) in [5.41, 5.74) is 6.59. The number of rotatable bonds is 6. The summed E-state index contributed by atoms with van der Waals surface area (Å²) in [6.07, 6.45) is 1.31. The van der Waals surface area contributed by atoms with Gasteiger partial charge in [0, 0.05) is 11.9 Å². The van der Waals surface area contributed by atoms with Crippen molar-refractivity contribution in [2.45, 2.75) is 24.3 Å². The Kier molecular flexibility index (Phi) is 6.14. The molecule has 1 heterocycles. The van der Waals surface area contributed by atoms with Crippen LogP contribution in [0.4, 0.5) is 11.5 Å². The Morgan fingerprint density at radius 1 is 1.33 bits per heavy atom. The number of nitrogens with one attached hydrogen (secondary N) is 1. The summed E-state index contributed by atoms with van der Waals surface area (Å²) in [5.74, 6) is -0.717. The molecule has 7 nitrogen and oxygen atoms in total. The van der Waals surface area contributed by atoms with E-state index in [4.69, 9.17) is 10.5 Å². The van der Waals surface area contributed by atoms with E-state index < -0.39 is 11.2 Å². The van der Waals surface area contributed by atoms with E-state index in [2.05, 4.69) is 15.3 Å². The van der Waals surface area contributed by atoms with Crippen LogP contribution in [-0.2, 0) is 9.53 Å². The van der Waals surface area contributed by atoms with Crippen LogP contribution in [0.3, 0.4) is 0 Å². The van der Waals surface area contributed by atoms with Gasteiger partial charge in [-0.15, -0.1) is 0 Å². The number of benzene rings is 1. The smallest absolute Gasteiger partial charge is 0.343 e. The molecule has 1 aromatic carbocycles. The van der Waals surface area contributed by atoms with E-state index in [1.807, 2.05) is 18.2 Å². The van der Waals surface area contributed by atoms with Gasteiger partial charge in [0.05, 0.1) is 11.9 Å². The van der Waals surface area contributed by atoms with Crippen molar-refractivity contribution in [1.29, 1.82) is 0 Å². The van der Waals surface area contributed by atoms with Crippen LogP contribution in [0.25, 0.3) is 0 Å². The molecule has 1 atom stereocenters. The summed E-state index contributed by atoms with van der Waals surface area (Å²) in [7, 11) is 0. The molecule has 0 unspecified atom stereocenters. The van der Waals surface area contributed by atoms with Crippen molar-refractivity contribution in [3.05, 3.63) is 42.1 Å². The maximum absolute atomic E-state index is 12.2. The van der Waals surface area contributed by atoms with Gasteiger partial charge >= 0.3 is 5.97 Å². The quantitative estimate of drug-likeness (QED) is 0.469. The molecule has 24 heavy (non-hydrogen) atoms. The average Bonchev–Trinajstić information content (AvgIpc) is 2.56. The Balaban J connectivity index is 2.01. The Labute approximate surface area is 144 Å². The lowest BCUT2D eigenvalue weighted by atomic mass is 10.3. The lowest BCUT2D eigenvalue weighted by Gasteiger charge is -2.11. The normalized spacial score (nSPS) is 11.6. The number of para-hydroxylation sites is 1. The molecule has 3 N–H and O–H groups in total. The minimum atomic E-state index is -0.568. The number of nitrogen functional groups attached to an aromatic ring is 1. The van der Waals surface area contributed by atoms with Crippen LogP contribution in [0.2, 0.25) is 0 Å². The first-order valence-corrected chi connectivity index (χ1v) is 8.21. The molecule has 0 aliphatic carbocycles. The summed E-state index contributed by atoms with van der Waals surface area (Å²) in [4.78, 5) is 31.9. The number of thioether (sulfide) groups is 1. The molecular weight excluding hydrogens is 328 g/mol. The van der Waals surface area contributed by atoms with Gasteiger partial charge in [-0.25, -0.2) is 14.8 Å². The van der Waals surface area contributed by atoms with Crippen molar-refractivity contribution in [3.8, 4) is 0 Å². The van der Waals surface area contributed by atoms with Crippen LogP contribution in [0.15, 0.2) is 41.7 Å². The van der Waals surface area contributed by atoms with Gasteiger partial charge in [0.2, 0.25) is 5.91 Å². The second-order valence-electron chi connectivity index (χ2n) is 4.79. The number of hydrogen-bond donors (Lipinski definition) is 2. The molecule has 1 amide bonds. The molecule has 0 radical (unpaired) electrons. The zero-order valence-electron chi connectivity index (χ0n) is 13.4. The number of hydrogen-bond acceptors (Lipinski definition) is 7. The van der Waals surface area contributed by atoms with Gasteiger partial charge < -0.3 is 15.8 Å². The van der Waals surface area contributed by atoms with E-state index in [0.717, 1.165) is 11.8 Å². The molecule has 0 aliphatic heterocycles. The summed E-state index contributed by atoms with van der Waals surface area (Å²) >= 11 is 1.15. The third-order valence-corrected chi connectivity index (χ3v) is 3.96. The third kappa shape index (κ3) is 4.69. The summed E-state index contributed by atoms with van der Waals surface area (Å²) in [6, 6.07) is 9.15. The fourth-order valence-corrected chi connectivity index (χ4v) is 2.52. The van der Waals surface area contributed by atoms with Crippen molar-refractivity contribution < 1.29 is 14.3 Å². The number of aromatic nitrogens is 2. The van der Waals surface area contributed by atoms with Gasteiger partial charge in [-0.3, -0.25) is 4.79 Å². The number of carbonyl (C=O) groups excluding carboxylic acids is 2. The van der Waals surface area contributed by atoms with E-state index in [1.165, 1.54) is 6.20 Å². The fraction of sp³-hybridized carbons (Fsp3) is 0.250. The lowest BCUT2D eigenvalue weighted by molar-refractivity contribution is -0.115. The van der Waals surface area contributed by atoms with Crippen molar-refractivity contribution in [3.63, 3.8) is 0 Å². The van der Waals surface area contributed by atoms with Crippen LogP contribution >= 0.6 is 11.8 Å². The molecule has 1 aromatic heterocycles. The number of ether oxygens (including phenoxy) is 1. The lowest BCUT2D eigenvalue weighted by Crippen LogP contribution is -2.22. The van der Waals surface area contributed by atoms with Crippen molar-refractivity contribution in [1.82, 2.24) is 9.97 Å². The van der Waals surface area contributed by atoms with Crippen LogP contribution in [0.1, 0.15) is 24.2 Å². The van der Waals surface area contributed by atoms with Gasteiger partial charge in [0.1, 0.15) is 11.4 Å². The van der Waals surface area contributed by atoms with Crippen molar-refractivity contribution in [2.24, 2.45) is 0 Å². The van der Waals surface area contributed by atoms with E-state index >= 15 is 0 Å². The van der Waals surface area contributed by atoms with E-state index in [1.54, 1.807) is 26.0 Å². The second-order valence-corrected chi connectivity index (χ2v) is 6.10. The fourth-order valence-electron chi connectivity index (χ4n) is 1.78. The summed E-state index contributed by atoms with van der Waals surface area (Å²) in [6.45, 7) is 3.68. The van der Waals surface area contributed by atoms with Gasteiger partial charge in [-0.05, 0) is 26.0 Å². The first kappa shape index (κ1) is 17.7. The summed E-state index contributed by atoms with van der Waals surface area (Å²) in [5, 5.41) is 2.69. The number of nitrogens with zero attached hydrogens (tertiary/aromatic N) is 2. The van der Waals surface area contributed by atoms with Gasteiger partial charge in [-0.1, -0.05) is 30.0 Å². The van der Waals surface area contributed by atoms with Crippen molar-refractivity contribution >= 4 is 35.1 Å². The predicted molar refractivity (Wildman–Crippen MR) is 92.8 cm³/mol. The number of esters is 1. The van der Waals surface area contributed by atoms with E-state index in [0.29, 0.717) is 10.8 Å². The van der Waals surface area contributed by atoms with Gasteiger partial charge in [0.25, 0.3) is 0 Å². The first-order valence-electron chi connectivity index (χ1n) is 7.33. The molecule has 0 aliphatic rings. The maximum atomic E-state index is 12.2. The first-order chi connectivity index (χ1) is 11.5. The molecule has 0 saturated heterocycles. The second kappa shape index (κ2) is 8.30. The standard InChI is InChI=1S/C16H18N4O3S/c1-3-23-15(22)12-9-18-16(20-13(12)17)24-10(2)14(21)19-11-7-5-4-6-8-11/h4-10H,3H2,1-2H3,(H,19,21)(H2,17,18,20)/t10-/m0/s1. The molecule has 0 saturated carbocycles. The van der Waals surface area contributed by atoms with Crippen LogP contribution in [0.5, 0.6) is 0 Å². The minimum Gasteiger partial charge on any atom is -0.462 e. The minimum absolute atomic E-state index is 0.0293. The number of anilines is 2. The molecule has 8 heteroatoms.